The van der Waals surface area contributed by atoms with E-state index in [-0.39, 0.29) is 6.61 Å². The summed E-state index contributed by atoms with van der Waals surface area (Å²) in [6.07, 6.45) is -3.55. The van der Waals surface area contributed by atoms with E-state index in [0.717, 1.165) is 16.7 Å². The average Bonchev–Trinajstić information content (AvgIpc) is 3.34. The zero-order valence-electron chi connectivity index (χ0n) is 19.2. The summed E-state index contributed by atoms with van der Waals surface area (Å²) in [4.78, 5) is 12.3. The highest BCUT2D eigenvalue weighted by molar-refractivity contribution is 5.78. The van der Waals surface area contributed by atoms with Crippen LogP contribution >= 0.6 is 0 Å². The molecule has 6 nitrogen and oxygen atoms in total. The Kier molecular flexibility index (Phi) is 6.00. The summed E-state index contributed by atoms with van der Waals surface area (Å²) in [7, 11) is 0. The molecule has 2 saturated heterocycles. The number of rotatable bonds is 7. The van der Waals surface area contributed by atoms with E-state index < -0.39 is 41.8 Å². The molecular formula is C28H28O6. The minimum absolute atomic E-state index is 0.0936. The number of aliphatic hydroxyl groups is 1. The van der Waals surface area contributed by atoms with E-state index in [4.69, 9.17) is 18.9 Å². The fraction of sp³-hybridized carbons (Fsp3) is 0.321. The first-order valence-corrected chi connectivity index (χ1v) is 11.5. The Labute approximate surface area is 199 Å². The molecule has 5 rings (SSSR count). The Balaban J connectivity index is 1.50. The van der Waals surface area contributed by atoms with Crippen molar-refractivity contribution in [1.82, 2.24) is 0 Å². The lowest BCUT2D eigenvalue weighted by molar-refractivity contribution is -0.197. The van der Waals surface area contributed by atoms with Crippen LogP contribution in [-0.2, 0) is 29.3 Å². The second-order valence-electron chi connectivity index (χ2n) is 9.08. The monoisotopic (exact) mass is 460 g/mol. The van der Waals surface area contributed by atoms with Crippen LogP contribution in [0.3, 0.4) is 0 Å². The number of ether oxygens (including phenoxy) is 4. The molecule has 0 radical (unpaired) electrons. The Morgan fingerprint density at radius 3 is 1.79 bits per heavy atom. The lowest BCUT2D eigenvalue weighted by Gasteiger charge is -2.37. The molecule has 0 saturated carbocycles. The summed E-state index contributed by atoms with van der Waals surface area (Å²) in [6, 6.07) is 29.7. The van der Waals surface area contributed by atoms with Crippen molar-refractivity contribution in [1.29, 1.82) is 0 Å². The maximum atomic E-state index is 12.3. The van der Waals surface area contributed by atoms with E-state index in [9.17, 15) is 9.90 Å². The molecule has 0 unspecified atom stereocenters. The largest absolute Gasteiger partial charge is 0.455 e. The minimum atomic E-state index is -1.12. The smallest absolute Gasteiger partial charge is 0.338 e. The molecule has 3 aromatic rings. The Hall–Kier alpha value is -3.03. The van der Waals surface area contributed by atoms with E-state index in [0.29, 0.717) is 0 Å². The van der Waals surface area contributed by atoms with Crippen LogP contribution in [0.15, 0.2) is 91.0 Å². The molecule has 2 aliphatic rings. The number of carbonyl (C=O) groups is 1. The molecule has 0 bridgehead atoms. The predicted octanol–water partition coefficient (Wildman–Crippen LogP) is 3.80. The molecule has 0 aromatic heterocycles. The normalized spacial score (nSPS) is 24.4. The topological polar surface area (TPSA) is 74.2 Å². The van der Waals surface area contributed by atoms with Crippen LogP contribution in [0, 0.1) is 0 Å². The van der Waals surface area contributed by atoms with Gasteiger partial charge in [0.1, 0.15) is 17.8 Å². The van der Waals surface area contributed by atoms with Gasteiger partial charge in [0.2, 0.25) is 0 Å². The molecular weight excluding hydrogens is 432 g/mol. The minimum Gasteiger partial charge on any atom is -0.455 e. The van der Waals surface area contributed by atoms with Crippen LogP contribution in [0.5, 0.6) is 0 Å². The van der Waals surface area contributed by atoms with Crippen molar-refractivity contribution in [2.75, 3.05) is 6.61 Å². The van der Waals surface area contributed by atoms with E-state index in [1.807, 2.05) is 91.0 Å². The zero-order chi connectivity index (χ0) is 23.8. The summed E-state index contributed by atoms with van der Waals surface area (Å²) in [5, 5.41) is 11.2. The van der Waals surface area contributed by atoms with Crippen LogP contribution in [0.4, 0.5) is 0 Å². The molecule has 0 aliphatic carbocycles. The number of cyclic esters (lactones) is 1. The van der Waals surface area contributed by atoms with Gasteiger partial charge >= 0.3 is 5.97 Å². The van der Waals surface area contributed by atoms with Crippen molar-refractivity contribution in [3.05, 3.63) is 108 Å². The molecule has 1 N–H and O–H groups in total. The van der Waals surface area contributed by atoms with Crippen LogP contribution in [0.1, 0.15) is 30.5 Å². The second-order valence-corrected chi connectivity index (χ2v) is 9.08. The van der Waals surface area contributed by atoms with E-state index >= 15 is 0 Å². The molecule has 6 heteroatoms. The summed E-state index contributed by atoms with van der Waals surface area (Å²) < 4.78 is 23.7. The van der Waals surface area contributed by atoms with Gasteiger partial charge in [-0.1, -0.05) is 91.0 Å². The number of hydrogen-bond acceptors (Lipinski definition) is 6. The lowest BCUT2D eigenvalue weighted by atomic mass is 9.80. The maximum absolute atomic E-state index is 12.3. The molecule has 4 atom stereocenters. The van der Waals surface area contributed by atoms with Crippen molar-refractivity contribution < 1.29 is 28.8 Å². The Bertz CT molecular complexity index is 1020. The number of benzene rings is 3. The van der Waals surface area contributed by atoms with Crippen molar-refractivity contribution in [3.8, 4) is 0 Å². The molecule has 3 aromatic carbocycles. The molecule has 176 valence electrons. The van der Waals surface area contributed by atoms with E-state index in [1.54, 1.807) is 13.8 Å². The third-order valence-corrected chi connectivity index (χ3v) is 6.33. The van der Waals surface area contributed by atoms with Crippen LogP contribution in [0.25, 0.3) is 0 Å². The molecule has 2 aliphatic heterocycles. The number of hydrogen-bond donors (Lipinski definition) is 1. The van der Waals surface area contributed by atoms with Gasteiger partial charge in [-0.25, -0.2) is 4.79 Å². The molecule has 0 amide bonds. The fourth-order valence-electron chi connectivity index (χ4n) is 4.85. The van der Waals surface area contributed by atoms with E-state index in [2.05, 4.69) is 0 Å². The number of aliphatic hydroxyl groups excluding tert-OH is 1. The molecule has 0 spiro atoms. The quantitative estimate of drug-likeness (QED) is 0.427. The zero-order valence-corrected chi connectivity index (χ0v) is 19.2. The first-order valence-electron chi connectivity index (χ1n) is 11.5. The van der Waals surface area contributed by atoms with Crippen molar-refractivity contribution in [2.45, 2.75) is 49.7 Å². The van der Waals surface area contributed by atoms with Crippen molar-refractivity contribution in [2.24, 2.45) is 0 Å². The fourth-order valence-corrected chi connectivity index (χ4v) is 4.85. The Morgan fingerprint density at radius 1 is 0.853 bits per heavy atom. The highest BCUT2D eigenvalue weighted by atomic mass is 16.8. The van der Waals surface area contributed by atoms with Crippen LogP contribution < -0.4 is 0 Å². The Morgan fingerprint density at radius 2 is 1.32 bits per heavy atom. The summed E-state index contributed by atoms with van der Waals surface area (Å²) >= 11 is 0. The molecule has 2 heterocycles. The van der Waals surface area contributed by atoms with Gasteiger partial charge in [-0.15, -0.1) is 0 Å². The van der Waals surface area contributed by atoms with E-state index in [1.165, 1.54) is 0 Å². The van der Waals surface area contributed by atoms with Gasteiger partial charge in [-0.05, 0) is 30.5 Å². The standard InChI is InChI=1S/C28H28O6/c1-27(2)33-24-23(32-26(30)25(24)34-27)22(29)18-31-28(19-12-6-3-7-13-19,20-14-8-4-9-15-20)21-16-10-5-11-17-21/h3-17,22-25,29H,18H2,1-2H3/t22-,23+,24-,25-/m0/s1. The maximum Gasteiger partial charge on any atom is 0.338 e. The first kappa shape index (κ1) is 22.7. The van der Waals surface area contributed by atoms with Gasteiger partial charge in [0.15, 0.2) is 18.0 Å². The summed E-state index contributed by atoms with van der Waals surface area (Å²) in [5.41, 5.74) is 1.77. The second kappa shape index (κ2) is 8.96. The van der Waals surface area contributed by atoms with Gasteiger partial charge in [0.25, 0.3) is 0 Å². The van der Waals surface area contributed by atoms with Gasteiger partial charge in [0, 0.05) is 0 Å². The van der Waals surface area contributed by atoms with Crippen molar-refractivity contribution >= 4 is 5.97 Å². The van der Waals surface area contributed by atoms with Gasteiger partial charge in [0.05, 0.1) is 6.61 Å². The highest BCUT2D eigenvalue weighted by Crippen LogP contribution is 2.42. The van der Waals surface area contributed by atoms with Gasteiger partial charge < -0.3 is 24.1 Å². The number of fused-ring (bicyclic) bond motifs is 1. The van der Waals surface area contributed by atoms with Gasteiger partial charge in [-0.2, -0.15) is 0 Å². The number of esters is 1. The van der Waals surface area contributed by atoms with Crippen LogP contribution in [0.2, 0.25) is 0 Å². The number of carbonyl (C=O) groups excluding carboxylic acids is 1. The average molecular weight is 461 g/mol. The lowest BCUT2D eigenvalue weighted by Crippen LogP contribution is -2.43. The van der Waals surface area contributed by atoms with Crippen molar-refractivity contribution in [3.63, 3.8) is 0 Å². The summed E-state index contributed by atoms with van der Waals surface area (Å²) in [5.74, 6) is -1.45. The summed E-state index contributed by atoms with van der Waals surface area (Å²) in [6.45, 7) is 3.39. The molecule has 2 fully saturated rings. The predicted molar refractivity (Wildman–Crippen MR) is 125 cm³/mol. The first-order chi connectivity index (χ1) is 16.4. The SMILES string of the molecule is CC1(C)O[C@H]2[C@@H]([C@@H](O)COC(c3ccccc3)(c3ccccc3)c3ccccc3)OC(=O)[C@H]2O1. The third-order valence-electron chi connectivity index (χ3n) is 6.33. The highest BCUT2D eigenvalue weighted by Gasteiger charge is 2.58. The van der Waals surface area contributed by atoms with Gasteiger partial charge in [-0.3, -0.25) is 0 Å². The third kappa shape index (κ3) is 4.03. The molecule has 34 heavy (non-hydrogen) atoms. The van der Waals surface area contributed by atoms with Crippen LogP contribution in [-0.4, -0.2) is 47.9 Å².